The van der Waals surface area contributed by atoms with Crippen LogP contribution in [0.1, 0.15) is 20.4 Å². The minimum atomic E-state index is -1.10. The minimum absolute atomic E-state index is 0.104. The molecule has 0 aromatic carbocycles. The Bertz CT molecular complexity index is 1060. The zero-order valence-electron chi connectivity index (χ0n) is 18.2. The van der Waals surface area contributed by atoms with Crippen molar-refractivity contribution >= 4 is 52.5 Å². The van der Waals surface area contributed by atoms with Crippen molar-refractivity contribution in [3.05, 3.63) is 33.0 Å². The molecular formula is C19H23ClN8O4S. The molecule has 3 heterocycles. The van der Waals surface area contributed by atoms with Gasteiger partial charge in [-0.3, -0.25) is 24.5 Å². The van der Waals surface area contributed by atoms with E-state index in [9.17, 15) is 19.2 Å². The second-order valence-corrected chi connectivity index (χ2v) is 9.04. The van der Waals surface area contributed by atoms with E-state index < -0.39 is 29.7 Å². The van der Waals surface area contributed by atoms with Gasteiger partial charge in [0.2, 0.25) is 11.9 Å². The smallest absolute Gasteiger partial charge is 0.316 e. The van der Waals surface area contributed by atoms with Crippen molar-refractivity contribution in [3.63, 3.8) is 0 Å². The molecule has 0 spiro atoms. The van der Waals surface area contributed by atoms with Gasteiger partial charge in [0.05, 0.1) is 23.1 Å². The van der Waals surface area contributed by atoms with Crippen LogP contribution in [0, 0.1) is 0 Å². The zero-order valence-corrected chi connectivity index (χ0v) is 19.8. The summed E-state index contributed by atoms with van der Waals surface area (Å²) in [7, 11) is 5.03. The van der Waals surface area contributed by atoms with Gasteiger partial charge >= 0.3 is 11.8 Å². The predicted molar refractivity (Wildman–Crippen MR) is 121 cm³/mol. The van der Waals surface area contributed by atoms with Crippen molar-refractivity contribution in [2.45, 2.75) is 19.0 Å². The Morgan fingerprint density at radius 1 is 1.21 bits per heavy atom. The first-order valence-corrected chi connectivity index (χ1v) is 11.1. The first-order chi connectivity index (χ1) is 15.6. The largest absolute Gasteiger partial charge is 0.347 e. The second-order valence-electron chi connectivity index (χ2n) is 7.52. The number of hydrogen-bond donors (Lipinski definition) is 3. The molecule has 1 aliphatic rings. The molecule has 2 aromatic heterocycles. The molecule has 3 rings (SSSR count). The SMILES string of the molecule is CN1CCc2nc(C(=O)NC(CNC(=O)C(=O)Nc3ncc(Cl)cn3)C(=O)N(C)C)sc2C1. The highest BCUT2D eigenvalue weighted by Gasteiger charge is 2.28. The van der Waals surface area contributed by atoms with E-state index in [0.29, 0.717) is 6.54 Å². The fraction of sp³-hybridized carbons (Fsp3) is 0.421. The number of thiazole rings is 1. The van der Waals surface area contributed by atoms with Gasteiger partial charge in [-0.15, -0.1) is 11.3 Å². The van der Waals surface area contributed by atoms with Crippen LogP contribution in [0.3, 0.4) is 0 Å². The average Bonchev–Trinajstić information content (AvgIpc) is 3.20. The van der Waals surface area contributed by atoms with Crippen LogP contribution in [-0.2, 0) is 27.3 Å². The fourth-order valence-electron chi connectivity index (χ4n) is 2.96. The lowest BCUT2D eigenvalue weighted by molar-refractivity contribution is -0.136. The molecule has 1 unspecified atom stereocenters. The molecule has 0 saturated heterocycles. The summed E-state index contributed by atoms with van der Waals surface area (Å²) in [6.07, 6.45) is 3.27. The maximum atomic E-state index is 12.8. The van der Waals surface area contributed by atoms with Crippen molar-refractivity contribution in [1.29, 1.82) is 0 Å². The van der Waals surface area contributed by atoms with Gasteiger partial charge in [-0.25, -0.2) is 15.0 Å². The molecule has 0 radical (unpaired) electrons. The van der Waals surface area contributed by atoms with Gasteiger partial charge in [-0.2, -0.15) is 0 Å². The van der Waals surface area contributed by atoms with Crippen LogP contribution in [0.5, 0.6) is 0 Å². The van der Waals surface area contributed by atoms with Crippen LogP contribution in [0.4, 0.5) is 5.95 Å². The summed E-state index contributed by atoms with van der Waals surface area (Å²) < 4.78 is 0. The van der Waals surface area contributed by atoms with E-state index in [4.69, 9.17) is 11.6 Å². The Hall–Kier alpha value is -3.16. The molecule has 2 aromatic rings. The van der Waals surface area contributed by atoms with Gasteiger partial charge in [0, 0.05) is 45.0 Å². The summed E-state index contributed by atoms with van der Waals surface area (Å²) in [5.41, 5.74) is 0.883. The van der Waals surface area contributed by atoms with Crippen molar-refractivity contribution < 1.29 is 19.2 Å². The first-order valence-electron chi connectivity index (χ1n) is 9.90. The van der Waals surface area contributed by atoms with Crippen LogP contribution >= 0.6 is 22.9 Å². The number of amides is 4. The first kappa shape index (κ1) is 24.5. The number of nitrogens with zero attached hydrogens (tertiary/aromatic N) is 5. The highest BCUT2D eigenvalue weighted by atomic mass is 35.5. The number of halogens is 1. The lowest BCUT2D eigenvalue weighted by Crippen LogP contribution is -2.53. The predicted octanol–water partition coefficient (Wildman–Crippen LogP) is -0.484. The van der Waals surface area contributed by atoms with Crippen molar-refractivity contribution in [2.24, 2.45) is 0 Å². The third kappa shape index (κ3) is 6.43. The Morgan fingerprint density at radius 3 is 2.58 bits per heavy atom. The van der Waals surface area contributed by atoms with E-state index in [1.54, 1.807) is 0 Å². The van der Waals surface area contributed by atoms with Gasteiger partial charge in [0.25, 0.3) is 5.91 Å². The van der Waals surface area contributed by atoms with E-state index in [1.807, 2.05) is 7.05 Å². The molecule has 1 atom stereocenters. The van der Waals surface area contributed by atoms with Crippen molar-refractivity contribution in [3.8, 4) is 0 Å². The van der Waals surface area contributed by atoms with Crippen molar-refractivity contribution in [1.82, 2.24) is 35.4 Å². The molecule has 0 fully saturated rings. The van der Waals surface area contributed by atoms with Gasteiger partial charge in [-0.1, -0.05) is 11.6 Å². The summed E-state index contributed by atoms with van der Waals surface area (Å²) in [5, 5.41) is 7.68. The molecule has 33 heavy (non-hydrogen) atoms. The van der Waals surface area contributed by atoms with Gasteiger partial charge in [-0.05, 0) is 7.05 Å². The molecule has 4 amide bonds. The van der Waals surface area contributed by atoms with E-state index in [0.717, 1.165) is 23.5 Å². The molecule has 1 aliphatic heterocycles. The number of anilines is 1. The Morgan fingerprint density at radius 2 is 1.91 bits per heavy atom. The molecule has 3 N–H and O–H groups in total. The molecule has 14 heteroatoms. The summed E-state index contributed by atoms with van der Waals surface area (Å²) in [6, 6.07) is -1.10. The van der Waals surface area contributed by atoms with Crippen LogP contribution in [0.25, 0.3) is 0 Å². The molecule has 176 valence electrons. The Labute approximate surface area is 198 Å². The van der Waals surface area contributed by atoms with Gasteiger partial charge in [0.15, 0.2) is 5.01 Å². The Balaban J connectivity index is 1.62. The van der Waals surface area contributed by atoms with Gasteiger partial charge < -0.3 is 20.4 Å². The van der Waals surface area contributed by atoms with E-state index in [2.05, 4.69) is 35.8 Å². The number of fused-ring (bicyclic) bond motifs is 1. The molecular weight excluding hydrogens is 472 g/mol. The van der Waals surface area contributed by atoms with Crippen molar-refractivity contribution in [2.75, 3.05) is 39.5 Å². The van der Waals surface area contributed by atoms with Crippen LogP contribution < -0.4 is 16.0 Å². The summed E-state index contributed by atoms with van der Waals surface area (Å²) in [5.74, 6) is -3.13. The number of rotatable bonds is 6. The zero-order chi connectivity index (χ0) is 24.1. The fourth-order valence-corrected chi connectivity index (χ4v) is 4.15. The molecule has 0 saturated carbocycles. The van der Waals surface area contributed by atoms with Crippen LogP contribution in [-0.4, -0.2) is 88.7 Å². The number of nitrogens with one attached hydrogen (secondary N) is 3. The third-order valence-electron chi connectivity index (χ3n) is 4.68. The Kier molecular flexibility index (Phi) is 7.89. The van der Waals surface area contributed by atoms with Crippen LogP contribution in [0.15, 0.2) is 12.4 Å². The number of aromatic nitrogens is 3. The van der Waals surface area contributed by atoms with E-state index >= 15 is 0 Å². The minimum Gasteiger partial charge on any atom is -0.347 e. The number of carbonyl (C=O) groups excluding carboxylic acids is 4. The second kappa shape index (κ2) is 10.6. The lowest BCUT2D eigenvalue weighted by Gasteiger charge is -2.21. The number of carbonyl (C=O) groups is 4. The average molecular weight is 495 g/mol. The highest BCUT2D eigenvalue weighted by Crippen LogP contribution is 2.24. The molecule has 12 nitrogen and oxygen atoms in total. The van der Waals surface area contributed by atoms with Gasteiger partial charge in [0.1, 0.15) is 6.04 Å². The molecule has 0 bridgehead atoms. The maximum Gasteiger partial charge on any atom is 0.316 e. The maximum absolute atomic E-state index is 12.8. The summed E-state index contributed by atoms with van der Waals surface area (Å²) >= 11 is 6.96. The standard InChI is InChI=1S/C19H23ClN8O4S/c1-27(2)18(32)12(8-21-14(29)15(30)26-19-22-6-10(20)7-23-19)24-16(31)17-25-11-4-5-28(3)9-13(11)33-17/h6-7,12H,4-5,8-9H2,1-3H3,(H,21,29)(H,24,31)(H,22,23,26,30). The number of likely N-dealkylation sites (N-methyl/N-ethyl adjacent to an activating group) is 2. The normalized spacial score (nSPS) is 14.1. The third-order valence-corrected chi connectivity index (χ3v) is 5.96. The monoisotopic (exact) mass is 494 g/mol. The highest BCUT2D eigenvalue weighted by molar-refractivity contribution is 7.13. The lowest BCUT2D eigenvalue weighted by atomic mass is 10.2. The topological polar surface area (TPSA) is 150 Å². The van der Waals surface area contributed by atoms with E-state index in [-0.39, 0.29) is 22.5 Å². The summed E-state index contributed by atoms with van der Waals surface area (Å²) in [4.78, 5) is 65.9. The van der Waals surface area contributed by atoms with Crippen LogP contribution in [0.2, 0.25) is 5.02 Å². The number of hydrogen-bond acceptors (Lipinski definition) is 9. The quantitative estimate of drug-likeness (QED) is 0.455. The molecule has 0 aliphatic carbocycles. The summed E-state index contributed by atoms with van der Waals surface area (Å²) in [6.45, 7) is 1.27. The van der Waals surface area contributed by atoms with E-state index in [1.165, 1.54) is 42.7 Å².